The minimum absolute atomic E-state index is 0.0874. The van der Waals surface area contributed by atoms with E-state index < -0.39 is 11.0 Å². The van der Waals surface area contributed by atoms with Crippen LogP contribution < -0.4 is 5.32 Å². The van der Waals surface area contributed by atoms with Crippen molar-refractivity contribution in [1.82, 2.24) is 5.32 Å². The Hall–Kier alpha value is -2.11. The molecular weight excluding hydrogens is 248 g/mol. The molecule has 6 heteroatoms. The number of hydrogen-bond donors (Lipinski definition) is 2. The van der Waals surface area contributed by atoms with Crippen molar-refractivity contribution >= 4 is 11.8 Å². The van der Waals surface area contributed by atoms with E-state index in [1.165, 1.54) is 12.1 Å². The molecule has 1 unspecified atom stereocenters. The Morgan fingerprint density at radius 1 is 1.42 bits per heavy atom. The van der Waals surface area contributed by atoms with Crippen molar-refractivity contribution in [3.05, 3.63) is 39.9 Å². The monoisotopic (exact) mass is 266 g/mol. The van der Waals surface area contributed by atoms with Gasteiger partial charge >= 0.3 is 6.09 Å². The van der Waals surface area contributed by atoms with Crippen LogP contribution in [0, 0.1) is 16.0 Å². The summed E-state index contributed by atoms with van der Waals surface area (Å²) in [6.45, 7) is 2.48. The second-order valence-corrected chi connectivity index (χ2v) is 4.42. The maximum Gasteiger partial charge on any atom is 0.404 e. The summed E-state index contributed by atoms with van der Waals surface area (Å²) in [5.41, 5.74) is 1.12. The van der Waals surface area contributed by atoms with Crippen molar-refractivity contribution in [1.29, 1.82) is 0 Å². The second kappa shape index (κ2) is 7.35. The molecule has 1 aromatic carbocycles. The molecule has 0 aliphatic carbocycles. The zero-order valence-electron chi connectivity index (χ0n) is 10.8. The van der Waals surface area contributed by atoms with E-state index in [1.807, 2.05) is 0 Å². The van der Waals surface area contributed by atoms with Crippen LogP contribution in [0.2, 0.25) is 0 Å². The lowest BCUT2D eigenvalue weighted by Crippen LogP contribution is -2.24. The Morgan fingerprint density at radius 3 is 2.53 bits per heavy atom. The Morgan fingerprint density at radius 2 is 2.05 bits per heavy atom. The number of non-ortho nitro benzene ring substituents is 1. The quantitative estimate of drug-likeness (QED) is 0.586. The van der Waals surface area contributed by atoms with E-state index in [0.29, 0.717) is 12.5 Å². The van der Waals surface area contributed by atoms with Crippen LogP contribution in [-0.4, -0.2) is 22.7 Å². The van der Waals surface area contributed by atoms with Gasteiger partial charge in [0.05, 0.1) is 4.92 Å². The van der Waals surface area contributed by atoms with Gasteiger partial charge in [-0.2, -0.15) is 0 Å². The number of amides is 1. The normalized spacial score (nSPS) is 11.8. The maximum atomic E-state index is 10.5. The SMILES string of the molecule is CCC(CCNC(=O)O)Cc1ccc([N+](=O)[O-])cc1. The molecule has 0 aliphatic rings. The topological polar surface area (TPSA) is 92.5 Å². The third kappa shape index (κ3) is 5.37. The Labute approximate surface area is 111 Å². The summed E-state index contributed by atoms with van der Waals surface area (Å²) >= 11 is 0. The predicted molar refractivity (Wildman–Crippen MR) is 71.2 cm³/mol. The largest absolute Gasteiger partial charge is 0.465 e. The van der Waals surface area contributed by atoms with Gasteiger partial charge in [-0.25, -0.2) is 4.79 Å². The standard InChI is InChI=1S/C13H18N2O4/c1-2-10(7-8-14-13(16)17)9-11-3-5-12(6-4-11)15(18)19/h3-6,10,14H,2,7-9H2,1H3,(H,16,17). The van der Waals surface area contributed by atoms with Gasteiger partial charge < -0.3 is 10.4 Å². The van der Waals surface area contributed by atoms with E-state index >= 15 is 0 Å². The Bertz CT molecular complexity index is 431. The molecule has 0 bridgehead atoms. The van der Waals surface area contributed by atoms with Crippen LogP contribution in [0.25, 0.3) is 0 Å². The van der Waals surface area contributed by atoms with Crippen molar-refractivity contribution in [2.45, 2.75) is 26.2 Å². The van der Waals surface area contributed by atoms with Gasteiger partial charge in [0.25, 0.3) is 5.69 Å². The number of nitro benzene ring substituents is 1. The molecule has 6 nitrogen and oxygen atoms in total. The van der Waals surface area contributed by atoms with Gasteiger partial charge in [0.1, 0.15) is 0 Å². The number of hydrogen-bond acceptors (Lipinski definition) is 3. The van der Waals surface area contributed by atoms with Gasteiger partial charge in [-0.3, -0.25) is 10.1 Å². The highest BCUT2D eigenvalue weighted by atomic mass is 16.6. The molecule has 0 aromatic heterocycles. The van der Waals surface area contributed by atoms with Gasteiger partial charge in [0.2, 0.25) is 0 Å². The first-order valence-corrected chi connectivity index (χ1v) is 6.23. The van der Waals surface area contributed by atoms with Crippen LogP contribution in [-0.2, 0) is 6.42 Å². The van der Waals surface area contributed by atoms with Crippen molar-refractivity contribution in [2.24, 2.45) is 5.92 Å². The van der Waals surface area contributed by atoms with E-state index in [4.69, 9.17) is 5.11 Å². The van der Waals surface area contributed by atoms with Gasteiger partial charge in [0, 0.05) is 18.7 Å². The van der Waals surface area contributed by atoms with Crippen LogP contribution in [0.4, 0.5) is 10.5 Å². The molecule has 1 atom stereocenters. The maximum absolute atomic E-state index is 10.5. The number of nitro groups is 1. The summed E-state index contributed by atoms with van der Waals surface area (Å²) in [5.74, 6) is 0.369. The lowest BCUT2D eigenvalue weighted by atomic mass is 9.94. The Balaban J connectivity index is 2.50. The first-order chi connectivity index (χ1) is 9.02. The fraction of sp³-hybridized carbons (Fsp3) is 0.462. The summed E-state index contributed by atoms with van der Waals surface area (Å²) in [6, 6.07) is 6.51. The number of nitrogens with one attached hydrogen (secondary N) is 1. The summed E-state index contributed by atoms with van der Waals surface area (Å²) in [6.07, 6.45) is 1.50. The second-order valence-electron chi connectivity index (χ2n) is 4.42. The molecule has 0 saturated heterocycles. The van der Waals surface area contributed by atoms with Gasteiger partial charge in [-0.15, -0.1) is 0 Å². The third-order valence-electron chi connectivity index (χ3n) is 3.08. The van der Waals surface area contributed by atoms with Gasteiger partial charge in [-0.1, -0.05) is 25.5 Å². The van der Waals surface area contributed by atoms with Crippen LogP contribution >= 0.6 is 0 Å². The van der Waals surface area contributed by atoms with Crippen LogP contribution in [0.5, 0.6) is 0 Å². The Kier molecular flexibility index (Phi) is 5.78. The average molecular weight is 266 g/mol. The van der Waals surface area contributed by atoms with E-state index in [1.54, 1.807) is 12.1 Å². The van der Waals surface area contributed by atoms with Crippen molar-refractivity contribution in [3.8, 4) is 0 Å². The molecule has 0 aliphatic heterocycles. The summed E-state index contributed by atoms with van der Waals surface area (Å²) in [5, 5.41) is 21.4. The van der Waals surface area contributed by atoms with E-state index in [-0.39, 0.29) is 5.69 Å². The minimum atomic E-state index is -1.01. The van der Waals surface area contributed by atoms with Crippen molar-refractivity contribution < 1.29 is 14.8 Å². The summed E-state index contributed by atoms with van der Waals surface area (Å²) in [7, 11) is 0. The van der Waals surface area contributed by atoms with E-state index in [9.17, 15) is 14.9 Å². The minimum Gasteiger partial charge on any atom is -0.465 e. The fourth-order valence-electron chi connectivity index (χ4n) is 1.92. The molecule has 19 heavy (non-hydrogen) atoms. The zero-order valence-corrected chi connectivity index (χ0v) is 10.8. The van der Waals surface area contributed by atoms with Crippen molar-refractivity contribution in [2.75, 3.05) is 6.54 Å². The summed E-state index contributed by atoms with van der Waals surface area (Å²) in [4.78, 5) is 20.5. The summed E-state index contributed by atoms with van der Waals surface area (Å²) < 4.78 is 0. The molecule has 0 spiro atoms. The zero-order chi connectivity index (χ0) is 14.3. The van der Waals surface area contributed by atoms with E-state index in [0.717, 1.165) is 24.8 Å². The van der Waals surface area contributed by atoms with E-state index in [2.05, 4.69) is 12.2 Å². The number of benzene rings is 1. The third-order valence-corrected chi connectivity index (χ3v) is 3.08. The van der Waals surface area contributed by atoms with Gasteiger partial charge in [0.15, 0.2) is 0 Å². The molecular formula is C13H18N2O4. The first kappa shape index (κ1) is 14.9. The molecule has 2 N–H and O–H groups in total. The lowest BCUT2D eigenvalue weighted by molar-refractivity contribution is -0.384. The van der Waals surface area contributed by atoms with Crippen LogP contribution in [0.1, 0.15) is 25.3 Å². The first-order valence-electron chi connectivity index (χ1n) is 6.23. The molecule has 1 aromatic rings. The molecule has 0 saturated carbocycles. The fourth-order valence-corrected chi connectivity index (χ4v) is 1.92. The van der Waals surface area contributed by atoms with Crippen molar-refractivity contribution in [3.63, 3.8) is 0 Å². The molecule has 1 amide bonds. The number of rotatable bonds is 7. The van der Waals surface area contributed by atoms with Gasteiger partial charge in [-0.05, 0) is 24.3 Å². The predicted octanol–water partition coefficient (Wildman–Crippen LogP) is 2.82. The van der Waals surface area contributed by atoms with Crippen LogP contribution in [0.15, 0.2) is 24.3 Å². The highest BCUT2D eigenvalue weighted by Crippen LogP contribution is 2.18. The highest BCUT2D eigenvalue weighted by Gasteiger charge is 2.10. The van der Waals surface area contributed by atoms with Crippen LogP contribution in [0.3, 0.4) is 0 Å². The number of carbonyl (C=O) groups is 1. The smallest absolute Gasteiger partial charge is 0.404 e. The highest BCUT2D eigenvalue weighted by molar-refractivity contribution is 5.64. The lowest BCUT2D eigenvalue weighted by Gasteiger charge is -2.14. The molecule has 1 rings (SSSR count). The number of carboxylic acid groups (broad SMARTS) is 1. The molecule has 0 radical (unpaired) electrons. The number of nitrogens with zero attached hydrogens (tertiary/aromatic N) is 1. The molecule has 104 valence electrons. The average Bonchev–Trinajstić information content (AvgIpc) is 2.37. The molecule has 0 heterocycles. The molecule has 0 fully saturated rings.